The van der Waals surface area contributed by atoms with E-state index in [2.05, 4.69) is 25.4 Å². The smallest absolute Gasteiger partial charge is 0.108 e. The first-order chi connectivity index (χ1) is 6.97. The molecule has 0 amide bonds. The number of aromatic amines is 2. The van der Waals surface area contributed by atoms with Crippen LogP contribution in [-0.4, -0.2) is 25.4 Å². The second-order valence-corrected chi connectivity index (χ2v) is 2.57. The average Bonchev–Trinajstić information content (AvgIpc) is 2.92. The van der Waals surface area contributed by atoms with Gasteiger partial charge >= 0.3 is 0 Å². The van der Waals surface area contributed by atoms with Crippen LogP contribution in [0.1, 0.15) is 0 Å². The Balaban J connectivity index is 0.000000128. The summed E-state index contributed by atoms with van der Waals surface area (Å²) < 4.78 is 0. The minimum absolute atomic E-state index is 0.914. The lowest BCUT2D eigenvalue weighted by Gasteiger charge is -1.80. The number of hydrogen-bond donors (Lipinski definition) is 2. The second kappa shape index (κ2) is 4.18. The van der Waals surface area contributed by atoms with Crippen LogP contribution in [0.15, 0.2) is 43.0 Å². The molecule has 0 aliphatic heterocycles. The van der Waals surface area contributed by atoms with Gasteiger partial charge in [-0.15, -0.1) is 0 Å². The van der Waals surface area contributed by atoms with Crippen molar-refractivity contribution < 1.29 is 0 Å². The summed E-state index contributed by atoms with van der Waals surface area (Å²) >= 11 is 0. The van der Waals surface area contributed by atoms with Crippen molar-refractivity contribution in [1.29, 1.82) is 0 Å². The van der Waals surface area contributed by atoms with E-state index >= 15 is 0 Å². The summed E-state index contributed by atoms with van der Waals surface area (Å²) in [4.78, 5) is 4.05. The molecule has 0 aromatic carbocycles. The van der Waals surface area contributed by atoms with Crippen molar-refractivity contribution in [3.8, 4) is 0 Å². The second-order valence-electron chi connectivity index (χ2n) is 2.57. The van der Waals surface area contributed by atoms with Crippen molar-refractivity contribution >= 4 is 11.0 Å². The summed E-state index contributed by atoms with van der Waals surface area (Å²) in [5, 5.41) is 12.8. The standard InChI is InChI=1S/C6H5N3.C3H4N2/c1-2-5-6(7-3-1)4-8-9-5;1-2-4-5-3-1/h1-4H,(H,8,9);1-3H,(H,4,5). The summed E-state index contributed by atoms with van der Waals surface area (Å²) in [5.74, 6) is 0. The number of fused-ring (bicyclic) bond motifs is 1. The lowest BCUT2D eigenvalue weighted by Crippen LogP contribution is -1.69. The van der Waals surface area contributed by atoms with Crippen molar-refractivity contribution in [3.63, 3.8) is 0 Å². The average molecular weight is 187 g/mol. The third kappa shape index (κ3) is 1.95. The molecule has 0 bridgehead atoms. The van der Waals surface area contributed by atoms with Gasteiger partial charge in [0.1, 0.15) is 5.52 Å². The SMILES string of the molecule is c1cn[nH]c1.c1cnc2cn[nH]c2c1. The van der Waals surface area contributed by atoms with Crippen LogP contribution in [0.5, 0.6) is 0 Å². The maximum atomic E-state index is 4.05. The Labute approximate surface area is 80.2 Å². The zero-order valence-electron chi connectivity index (χ0n) is 7.38. The Kier molecular flexibility index (Phi) is 2.51. The fraction of sp³-hybridized carbons (Fsp3) is 0. The van der Waals surface area contributed by atoms with Crippen molar-refractivity contribution in [2.75, 3.05) is 0 Å². The topological polar surface area (TPSA) is 70.2 Å². The monoisotopic (exact) mass is 187 g/mol. The molecular weight excluding hydrogens is 178 g/mol. The summed E-state index contributed by atoms with van der Waals surface area (Å²) in [6.45, 7) is 0. The van der Waals surface area contributed by atoms with E-state index in [-0.39, 0.29) is 0 Å². The zero-order chi connectivity index (χ0) is 9.64. The van der Waals surface area contributed by atoms with E-state index in [9.17, 15) is 0 Å². The molecule has 3 rings (SSSR count). The van der Waals surface area contributed by atoms with Crippen LogP contribution in [0.2, 0.25) is 0 Å². The molecule has 0 saturated carbocycles. The first-order valence-electron chi connectivity index (χ1n) is 4.14. The van der Waals surface area contributed by atoms with Gasteiger partial charge in [0.15, 0.2) is 0 Å². The van der Waals surface area contributed by atoms with Gasteiger partial charge in [0, 0.05) is 18.6 Å². The van der Waals surface area contributed by atoms with Gasteiger partial charge in [-0.3, -0.25) is 15.2 Å². The van der Waals surface area contributed by atoms with Gasteiger partial charge in [0.2, 0.25) is 0 Å². The van der Waals surface area contributed by atoms with E-state index in [4.69, 9.17) is 0 Å². The largest absolute Gasteiger partial charge is 0.286 e. The first kappa shape index (κ1) is 8.43. The van der Waals surface area contributed by atoms with E-state index in [1.807, 2.05) is 18.2 Å². The Morgan fingerprint density at radius 3 is 2.71 bits per heavy atom. The van der Waals surface area contributed by atoms with Gasteiger partial charge in [0.25, 0.3) is 0 Å². The van der Waals surface area contributed by atoms with E-state index < -0.39 is 0 Å². The number of rotatable bonds is 0. The van der Waals surface area contributed by atoms with Gasteiger partial charge in [-0.2, -0.15) is 10.2 Å². The number of H-pyrrole nitrogens is 2. The predicted octanol–water partition coefficient (Wildman–Crippen LogP) is 1.37. The molecule has 2 N–H and O–H groups in total. The van der Waals surface area contributed by atoms with E-state index in [1.54, 1.807) is 24.8 Å². The number of hydrogen-bond acceptors (Lipinski definition) is 3. The molecule has 14 heavy (non-hydrogen) atoms. The highest BCUT2D eigenvalue weighted by Gasteiger charge is 1.89. The van der Waals surface area contributed by atoms with Crippen molar-refractivity contribution in [1.82, 2.24) is 25.4 Å². The quantitative estimate of drug-likeness (QED) is 0.558. The molecule has 0 fully saturated rings. The Morgan fingerprint density at radius 2 is 2.07 bits per heavy atom. The molecule has 0 unspecified atom stereocenters. The third-order valence-electron chi connectivity index (χ3n) is 1.62. The molecule has 3 aromatic heterocycles. The molecule has 0 aliphatic rings. The van der Waals surface area contributed by atoms with Crippen molar-refractivity contribution in [2.24, 2.45) is 0 Å². The lowest BCUT2D eigenvalue weighted by molar-refractivity contribution is 1.09. The molecule has 0 radical (unpaired) electrons. The van der Waals surface area contributed by atoms with Gasteiger partial charge in [-0.05, 0) is 18.2 Å². The Hall–Kier alpha value is -2.17. The fourth-order valence-corrected chi connectivity index (χ4v) is 0.993. The maximum absolute atomic E-state index is 4.05. The van der Waals surface area contributed by atoms with Crippen LogP contribution in [-0.2, 0) is 0 Å². The molecule has 3 aromatic rings. The highest BCUT2D eigenvalue weighted by atomic mass is 15.1. The minimum Gasteiger partial charge on any atom is -0.286 e. The molecule has 0 atom stereocenters. The van der Waals surface area contributed by atoms with E-state index in [0.29, 0.717) is 0 Å². The van der Waals surface area contributed by atoms with Gasteiger partial charge in [-0.25, -0.2) is 0 Å². The highest BCUT2D eigenvalue weighted by molar-refractivity contribution is 5.72. The normalized spacial score (nSPS) is 9.43. The lowest BCUT2D eigenvalue weighted by atomic mass is 10.4. The molecular formula is C9H9N5. The van der Waals surface area contributed by atoms with E-state index in [0.717, 1.165) is 11.0 Å². The predicted molar refractivity (Wildman–Crippen MR) is 52.5 cm³/mol. The fourth-order valence-electron chi connectivity index (χ4n) is 0.993. The maximum Gasteiger partial charge on any atom is 0.108 e. The minimum atomic E-state index is 0.914. The molecule has 0 spiro atoms. The van der Waals surface area contributed by atoms with Crippen molar-refractivity contribution in [2.45, 2.75) is 0 Å². The van der Waals surface area contributed by atoms with Crippen LogP contribution in [0, 0.1) is 0 Å². The Bertz CT molecular complexity index is 423. The van der Waals surface area contributed by atoms with Crippen LogP contribution >= 0.6 is 0 Å². The summed E-state index contributed by atoms with van der Waals surface area (Å²) in [7, 11) is 0. The Morgan fingerprint density at radius 1 is 1.07 bits per heavy atom. The molecule has 0 saturated heterocycles. The number of pyridine rings is 1. The number of nitrogens with zero attached hydrogens (tertiary/aromatic N) is 3. The molecule has 3 heterocycles. The van der Waals surface area contributed by atoms with Crippen molar-refractivity contribution in [3.05, 3.63) is 43.0 Å². The van der Waals surface area contributed by atoms with Crippen LogP contribution in [0.3, 0.4) is 0 Å². The molecule has 70 valence electrons. The number of nitrogens with one attached hydrogen (secondary N) is 2. The number of aromatic nitrogens is 5. The molecule has 5 nitrogen and oxygen atoms in total. The highest BCUT2D eigenvalue weighted by Crippen LogP contribution is 2.02. The van der Waals surface area contributed by atoms with Gasteiger partial charge < -0.3 is 0 Å². The summed E-state index contributed by atoms with van der Waals surface area (Å²) in [6, 6.07) is 5.65. The van der Waals surface area contributed by atoms with Crippen LogP contribution < -0.4 is 0 Å². The molecule has 5 heteroatoms. The van der Waals surface area contributed by atoms with E-state index in [1.165, 1.54) is 0 Å². The van der Waals surface area contributed by atoms with Gasteiger partial charge in [0.05, 0.1) is 11.7 Å². The van der Waals surface area contributed by atoms with Crippen LogP contribution in [0.4, 0.5) is 0 Å². The summed E-state index contributed by atoms with van der Waals surface area (Å²) in [6.07, 6.45) is 6.91. The zero-order valence-corrected chi connectivity index (χ0v) is 7.38. The van der Waals surface area contributed by atoms with Crippen LogP contribution in [0.25, 0.3) is 11.0 Å². The summed E-state index contributed by atoms with van der Waals surface area (Å²) in [5.41, 5.74) is 1.90. The third-order valence-corrected chi connectivity index (χ3v) is 1.62. The molecule has 0 aliphatic carbocycles. The van der Waals surface area contributed by atoms with Gasteiger partial charge in [-0.1, -0.05) is 0 Å². The first-order valence-corrected chi connectivity index (χ1v) is 4.14.